The number of benzene rings is 1. The van der Waals surface area contributed by atoms with Crippen molar-refractivity contribution >= 4 is 22.8 Å². The number of fused-ring (bicyclic) bond motifs is 1. The van der Waals surface area contributed by atoms with Gasteiger partial charge in [-0.1, -0.05) is 45.4 Å². The summed E-state index contributed by atoms with van der Waals surface area (Å²) in [6.45, 7) is 2.60. The topological polar surface area (TPSA) is 107 Å². The Labute approximate surface area is 193 Å². The number of ether oxygens (including phenoxy) is 2. The average molecular weight is 459 g/mol. The highest BCUT2D eigenvalue weighted by Gasteiger charge is 2.40. The number of aliphatic carboxylic acids is 1. The van der Waals surface area contributed by atoms with Crippen LogP contribution < -0.4 is 20.3 Å². The number of carbonyl (C=O) groups excluding carboxylic acids is 1. The van der Waals surface area contributed by atoms with Gasteiger partial charge in [0.25, 0.3) is 11.5 Å². The third-order valence-electron chi connectivity index (χ3n) is 6.47. The lowest BCUT2D eigenvalue weighted by molar-refractivity contribution is -0.145. The second-order valence-corrected chi connectivity index (χ2v) is 8.77. The van der Waals surface area contributed by atoms with E-state index in [0.717, 1.165) is 44.9 Å². The Bertz CT molecular complexity index is 1070. The summed E-state index contributed by atoms with van der Waals surface area (Å²) in [5.74, 6) is -0.746. The number of methoxy groups -OCH3 is 1. The SMILES string of the molecule is CCCCCOc1c(OC)ccc2cc(C(=O)NC3(C(=O)O)CCCCCC3)c(=O)n(C)c12. The van der Waals surface area contributed by atoms with E-state index in [1.54, 1.807) is 19.2 Å². The fourth-order valence-corrected chi connectivity index (χ4v) is 4.53. The van der Waals surface area contributed by atoms with E-state index in [9.17, 15) is 19.5 Å². The number of carboxylic acids is 1. The molecule has 1 saturated carbocycles. The average Bonchev–Trinajstić information content (AvgIpc) is 3.05. The van der Waals surface area contributed by atoms with Gasteiger partial charge in [0.15, 0.2) is 11.5 Å². The summed E-state index contributed by atoms with van der Waals surface area (Å²) < 4.78 is 12.8. The van der Waals surface area contributed by atoms with Crippen LogP contribution in [-0.4, -0.2) is 40.8 Å². The minimum Gasteiger partial charge on any atom is -0.493 e. The summed E-state index contributed by atoms with van der Waals surface area (Å²) in [4.78, 5) is 38.4. The maximum Gasteiger partial charge on any atom is 0.329 e. The summed E-state index contributed by atoms with van der Waals surface area (Å²) in [5.41, 5.74) is -1.41. The summed E-state index contributed by atoms with van der Waals surface area (Å²) in [6.07, 6.45) is 7.00. The number of aryl methyl sites for hydroxylation is 1. The lowest BCUT2D eigenvalue weighted by Crippen LogP contribution is -2.55. The molecule has 1 aromatic carbocycles. The molecule has 0 unspecified atom stereocenters. The van der Waals surface area contributed by atoms with Crippen LogP contribution in [-0.2, 0) is 11.8 Å². The van der Waals surface area contributed by atoms with Crippen LogP contribution in [0.5, 0.6) is 11.5 Å². The van der Waals surface area contributed by atoms with Crippen molar-refractivity contribution in [3.8, 4) is 11.5 Å². The number of aromatic nitrogens is 1. The highest BCUT2D eigenvalue weighted by molar-refractivity contribution is 6.01. The van der Waals surface area contributed by atoms with Crippen LogP contribution in [0.25, 0.3) is 10.9 Å². The van der Waals surface area contributed by atoms with Gasteiger partial charge in [-0.15, -0.1) is 0 Å². The Morgan fingerprint density at radius 2 is 1.85 bits per heavy atom. The molecule has 1 heterocycles. The predicted molar refractivity (Wildman–Crippen MR) is 126 cm³/mol. The van der Waals surface area contributed by atoms with E-state index in [1.165, 1.54) is 17.7 Å². The number of pyridine rings is 1. The fourth-order valence-electron chi connectivity index (χ4n) is 4.53. The summed E-state index contributed by atoms with van der Waals surface area (Å²) in [5, 5.41) is 13.2. The molecule has 1 amide bonds. The first kappa shape index (κ1) is 24.6. The van der Waals surface area contributed by atoms with Gasteiger partial charge in [-0.2, -0.15) is 0 Å². The molecule has 3 rings (SSSR count). The van der Waals surface area contributed by atoms with E-state index in [-0.39, 0.29) is 5.56 Å². The molecule has 0 bridgehead atoms. The Hall–Kier alpha value is -3.03. The lowest BCUT2D eigenvalue weighted by atomic mass is 9.90. The molecule has 8 nitrogen and oxygen atoms in total. The number of nitrogens with one attached hydrogen (secondary N) is 1. The molecule has 2 N–H and O–H groups in total. The zero-order valence-corrected chi connectivity index (χ0v) is 19.7. The monoisotopic (exact) mass is 458 g/mol. The van der Waals surface area contributed by atoms with E-state index in [1.807, 2.05) is 0 Å². The van der Waals surface area contributed by atoms with Gasteiger partial charge in [-0.05, 0) is 37.5 Å². The van der Waals surface area contributed by atoms with Crippen LogP contribution in [0.4, 0.5) is 0 Å². The number of carboxylic acid groups (broad SMARTS) is 1. The zero-order chi connectivity index (χ0) is 24.0. The normalized spacial score (nSPS) is 15.6. The highest BCUT2D eigenvalue weighted by Crippen LogP contribution is 2.35. The minimum atomic E-state index is -1.35. The number of hydrogen-bond acceptors (Lipinski definition) is 5. The minimum absolute atomic E-state index is 0.0861. The first-order chi connectivity index (χ1) is 15.8. The molecule has 1 aliphatic rings. The molecule has 1 fully saturated rings. The van der Waals surface area contributed by atoms with Crippen molar-refractivity contribution in [2.24, 2.45) is 7.05 Å². The molecule has 180 valence electrons. The van der Waals surface area contributed by atoms with Crippen molar-refractivity contribution in [3.63, 3.8) is 0 Å². The highest BCUT2D eigenvalue weighted by atomic mass is 16.5. The van der Waals surface area contributed by atoms with Gasteiger partial charge in [-0.3, -0.25) is 9.59 Å². The van der Waals surface area contributed by atoms with Crippen LogP contribution in [0.2, 0.25) is 0 Å². The van der Waals surface area contributed by atoms with Gasteiger partial charge < -0.3 is 24.5 Å². The maximum atomic E-state index is 13.2. The molecule has 0 aliphatic heterocycles. The van der Waals surface area contributed by atoms with Crippen LogP contribution in [0, 0.1) is 0 Å². The van der Waals surface area contributed by atoms with Crippen molar-refractivity contribution < 1.29 is 24.2 Å². The van der Waals surface area contributed by atoms with E-state index < -0.39 is 23.0 Å². The standard InChI is InChI=1S/C25H34N2O6/c1-4-5-10-15-33-21-19(32-3)12-11-17-16-18(23(29)27(2)20(17)21)22(28)26-25(24(30)31)13-8-6-7-9-14-25/h11-12,16H,4-10,13-15H2,1-3H3,(H,26,28)(H,30,31). The van der Waals surface area contributed by atoms with Crippen molar-refractivity contribution in [1.82, 2.24) is 9.88 Å². The number of carbonyl (C=O) groups is 2. The molecule has 0 atom stereocenters. The summed E-state index contributed by atoms with van der Waals surface area (Å²) >= 11 is 0. The largest absolute Gasteiger partial charge is 0.493 e. The molecule has 2 aromatic rings. The molecule has 33 heavy (non-hydrogen) atoms. The van der Waals surface area contributed by atoms with Gasteiger partial charge in [0.2, 0.25) is 0 Å². The Balaban J connectivity index is 2.01. The van der Waals surface area contributed by atoms with Gasteiger partial charge in [-0.25, -0.2) is 4.79 Å². The third-order valence-corrected chi connectivity index (χ3v) is 6.47. The predicted octanol–water partition coefficient (Wildman–Crippen LogP) is 4.02. The van der Waals surface area contributed by atoms with Crippen LogP contribution in [0.1, 0.15) is 75.1 Å². The number of nitrogens with zero attached hydrogens (tertiary/aromatic N) is 1. The van der Waals surface area contributed by atoms with Crippen molar-refractivity contribution in [1.29, 1.82) is 0 Å². The van der Waals surface area contributed by atoms with E-state index in [4.69, 9.17) is 9.47 Å². The van der Waals surface area contributed by atoms with E-state index >= 15 is 0 Å². The molecule has 0 spiro atoms. The molecule has 1 aromatic heterocycles. The molecular weight excluding hydrogens is 424 g/mol. The maximum absolute atomic E-state index is 13.2. The molecule has 0 radical (unpaired) electrons. The Morgan fingerprint density at radius 3 is 2.45 bits per heavy atom. The third kappa shape index (κ3) is 5.15. The van der Waals surface area contributed by atoms with Crippen molar-refractivity contribution in [2.45, 2.75) is 70.3 Å². The Morgan fingerprint density at radius 1 is 1.15 bits per heavy atom. The van der Waals surface area contributed by atoms with Gasteiger partial charge in [0, 0.05) is 12.4 Å². The molecule has 8 heteroatoms. The Kier molecular flexibility index (Phi) is 8.00. The van der Waals surface area contributed by atoms with E-state index in [0.29, 0.717) is 41.9 Å². The van der Waals surface area contributed by atoms with Crippen molar-refractivity contribution in [2.75, 3.05) is 13.7 Å². The zero-order valence-electron chi connectivity index (χ0n) is 19.7. The smallest absolute Gasteiger partial charge is 0.329 e. The molecule has 1 aliphatic carbocycles. The number of rotatable bonds is 9. The van der Waals surface area contributed by atoms with Crippen LogP contribution in [0.15, 0.2) is 23.0 Å². The van der Waals surface area contributed by atoms with Crippen LogP contribution >= 0.6 is 0 Å². The molecule has 0 saturated heterocycles. The van der Waals surface area contributed by atoms with Crippen LogP contribution in [0.3, 0.4) is 0 Å². The first-order valence-corrected chi connectivity index (χ1v) is 11.7. The fraction of sp³-hybridized carbons (Fsp3) is 0.560. The quantitative estimate of drug-likeness (QED) is 0.434. The second kappa shape index (κ2) is 10.7. The number of unbranched alkanes of at least 4 members (excludes halogenated alkanes) is 2. The van der Waals surface area contributed by atoms with Crippen molar-refractivity contribution in [3.05, 3.63) is 34.1 Å². The number of amides is 1. The summed E-state index contributed by atoms with van der Waals surface area (Å²) in [7, 11) is 3.12. The molecular formula is C25H34N2O6. The van der Waals surface area contributed by atoms with Gasteiger partial charge >= 0.3 is 5.97 Å². The van der Waals surface area contributed by atoms with Gasteiger partial charge in [0.05, 0.1) is 19.2 Å². The summed E-state index contributed by atoms with van der Waals surface area (Å²) in [6, 6.07) is 5.02. The van der Waals surface area contributed by atoms with Gasteiger partial charge in [0.1, 0.15) is 11.1 Å². The lowest BCUT2D eigenvalue weighted by Gasteiger charge is -2.29. The first-order valence-electron chi connectivity index (χ1n) is 11.7. The van der Waals surface area contributed by atoms with E-state index in [2.05, 4.69) is 12.2 Å². The second-order valence-electron chi connectivity index (χ2n) is 8.77. The number of hydrogen-bond donors (Lipinski definition) is 2.